The summed E-state index contributed by atoms with van der Waals surface area (Å²) >= 11 is 0. The molecule has 1 unspecified atom stereocenters. The minimum absolute atomic E-state index is 0. The quantitative estimate of drug-likeness (QED) is 0.551. The van der Waals surface area contributed by atoms with Gasteiger partial charge in [-0.25, -0.2) is 0 Å². The van der Waals surface area contributed by atoms with Crippen molar-refractivity contribution < 1.29 is 24.4 Å². The molecule has 1 heterocycles. The first kappa shape index (κ1) is 20.7. The third-order valence-corrected chi connectivity index (χ3v) is 3.74. The number of hydrogen-bond donors (Lipinski definition) is 2. The fourth-order valence-electron chi connectivity index (χ4n) is 2.60. The van der Waals surface area contributed by atoms with E-state index < -0.39 is 22.7 Å². The average molecular weight is 374 g/mol. The zero-order valence-electron chi connectivity index (χ0n) is 13.6. The second-order valence-corrected chi connectivity index (χ2v) is 5.48. The van der Waals surface area contributed by atoms with Gasteiger partial charge in [-0.2, -0.15) is 0 Å². The molecular weight excluding hydrogens is 354 g/mol. The third-order valence-electron chi connectivity index (χ3n) is 3.74. The molecule has 1 aliphatic rings. The molecule has 1 amide bonds. The molecule has 0 bridgehead atoms. The number of carboxylic acid groups (broad SMARTS) is 1. The van der Waals surface area contributed by atoms with Gasteiger partial charge in [0.25, 0.3) is 5.69 Å². The molecule has 1 aliphatic heterocycles. The fraction of sp³-hybridized carbons (Fsp3) is 0.467. The van der Waals surface area contributed by atoms with Crippen LogP contribution in [0.1, 0.15) is 13.3 Å². The largest absolute Gasteiger partial charge is 0.494 e. The Kier molecular flexibility index (Phi) is 7.59. The van der Waals surface area contributed by atoms with Gasteiger partial charge >= 0.3 is 5.97 Å². The number of carbonyl (C=O) groups excluding carboxylic acids is 1. The Bertz CT molecular complexity index is 654. The number of aliphatic carboxylic acids is 1. The molecule has 1 aromatic rings. The number of benzene rings is 1. The van der Waals surface area contributed by atoms with Crippen LogP contribution in [0.2, 0.25) is 0 Å². The summed E-state index contributed by atoms with van der Waals surface area (Å²) in [5.41, 5.74) is -0.165. The van der Waals surface area contributed by atoms with E-state index >= 15 is 0 Å². The number of nitro groups is 1. The van der Waals surface area contributed by atoms with E-state index in [2.05, 4.69) is 5.32 Å². The van der Waals surface area contributed by atoms with E-state index in [1.807, 2.05) is 0 Å². The summed E-state index contributed by atoms with van der Waals surface area (Å²) in [6.07, 6.45) is 0.492. The van der Waals surface area contributed by atoms with Crippen LogP contribution in [0, 0.1) is 16.0 Å². The molecule has 1 atom stereocenters. The van der Waals surface area contributed by atoms with Crippen LogP contribution in [0.15, 0.2) is 18.2 Å². The summed E-state index contributed by atoms with van der Waals surface area (Å²) in [6, 6.07) is 4.23. The summed E-state index contributed by atoms with van der Waals surface area (Å²) in [5.74, 6) is -1.42. The topological polar surface area (TPSA) is 122 Å². The van der Waals surface area contributed by atoms with Crippen molar-refractivity contribution in [2.45, 2.75) is 13.3 Å². The van der Waals surface area contributed by atoms with Gasteiger partial charge in [-0.1, -0.05) is 0 Å². The maximum atomic E-state index is 12.1. The van der Waals surface area contributed by atoms with Gasteiger partial charge < -0.3 is 15.2 Å². The molecule has 2 N–H and O–H groups in total. The van der Waals surface area contributed by atoms with Crippen molar-refractivity contribution in [3.63, 3.8) is 0 Å². The summed E-state index contributed by atoms with van der Waals surface area (Å²) in [4.78, 5) is 35.3. The van der Waals surface area contributed by atoms with E-state index in [1.54, 1.807) is 17.9 Å². The molecule has 0 aromatic heterocycles. The highest BCUT2D eigenvalue weighted by molar-refractivity contribution is 5.94. The summed E-state index contributed by atoms with van der Waals surface area (Å²) < 4.78 is 5.22. The van der Waals surface area contributed by atoms with Crippen molar-refractivity contribution in [3.05, 3.63) is 28.3 Å². The number of carboxylic acids is 1. The monoisotopic (exact) mass is 373 g/mol. The van der Waals surface area contributed by atoms with Gasteiger partial charge in [-0.15, -0.1) is 12.4 Å². The van der Waals surface area contributed by atoms with Gasteiger partial charge in [0, 0.05) is 6.54 Å². The number of amides is 1. The average Bonchev–Trinajstić information content (AvgIpc) is 2.97. The molecule has 1 saturated heterocycles. The number of likely N-dealkylation sites (tertiary alicyclic amines) is 1. The van der Waals surface area contributed by atoms with Crippen molar-refractivity contribution in [1.82, 2.24) is 4.90 Å². The maximum absolute atomic E-state index is 12.1. The zero-order valence-corrected chi connectivity index (χ0v) is 14.5. The van der Waals surface area contributed by atoms with Crippen LogP contribution in [0.5, 0.6) is 5.75 Å². The Labute approximate surface area is 150 Å². The number of hydrogen-bond acceptors (Lipinski definition) is 6. The Morgan fingerprint density at radius 3 is 2.76 bits per heavy atom. The van der Waals surface area contributed by atoms with Crippen LogP contribution in [-0.4, -0.2) is 53.0 Å². The Balaban J connectivity index is 0.00000312. The Morgan fingerprint density at radius 2 is 2.20 bits per heavy atom. The van der Waals surface area contributed by atoms with Crippen LogP contribution in [0.25, 0.3) is 0 Å². The number of carbonyl (C=O) groups is 2. The molecule has 0 radical (unpaired) electrons. The minimum atomic E-state index is -0.875. The first-order chi connectivity index (χ1) is 11.4. The molecule has 25 heavy (non-hydrogen) atoms. The van der Waals surface area contributed by atoms with E-state index in [0.717, 1.165) is 0 Å². The first-order valence-electron chi connectivity index (χ1n) is 7.57. The fourth-order valence-corrected chi connectivity index (χ4v) is 2.60. The van der Waals surface area contributed by atoms with Gasteiger partial charge in [0.05, 0.1) is 30.1 Å². The normalized spacial score (nSPS) is 16.8. The molecule has 10 heteroatoms. The van der Waals surface area contributed by atoms with Crippen LogP contribution in [0.3, 0.4) is 0 Å². The SMILES string of the molecule is CCOc1ccc(NC(=O)CN2CCC(C(=O)O)C2)c([N+](=O)[O-])c1.Cl. The zero-order chi connectivity index (χ0) is 17.7. The minimum Gasteiger partial charge on any atom is -0.494 e. The number of halogens is 1. The van der Waals surface area contributed by atoms with Crippen LogP contribution in [0.4, 0.5) is 11.4 Å². The highest BCUT2D eigenvalue weighted by atomic mass is 35.5. The van der Waals surface area contributed by atoms with Crippen LogP contribution in [-0.2, 0) is 9.59 Å². The highest BCUT2D eigenvalue weighted by Gasteiger charge is 2.29. The maximum Gasteiger partial charge on any atom is 0.307 e. The lowest BCUT2D eigenvalue weighted by atomic mass is 10.1. The Morgan fingerprint density at radius 1 is 1.48 bits per heavy atom. The van der Waals surface area contributed by atoms with E-state index in [9.17, 15) is 19.7 Å². The smallest absolute Gasteiger partial charge is 0.307 e. The molecule has 9 nitrogen and oxygen atoms in total. The summed E-state index contributed by atoms with van der Waals surface area (Å²) in [7, 11) is 0. The van der Waals surface area contributed by atoms with E-state index in [4.69, 9.17) is 9.84 Å². The van der Waals surface area contributed by atoms with Crippen molar-refractivity contribution in [2.75, 3.05) is 31.6 Å². The predicted octanol–water partition coefficient (Wildman–Crippen LogP) is 1.76. The van der Waals surface area contributed by atoms with E-state index in [0.29, 0.717) is 31.9 Å². The summed E-state index contributed by atoms with van der Waals surface area (Å²) in [5, 5.41) is 22.6. The Hall–Kier alpha value is -2.39. The molecule has 138 valence electrons. The molecular formula is C15H20ClN3O6. The second kappa shape index (κ2) is 9.19. The van der Waals surface area contributed by atoms with Gasteiger partial charge in [0.15, 0.2) is 0 Å². The molecule has 0 aliphatic carbocycles. The van der Waals surface area contributed by atoms with Crippen LogP contribution < -0.4 is 10.1 Å². The van der Waals surface area contributed by atoms with Gasteiger partial charge in [-0.3, -0.25) is 24.6 Å². The van der Waals surface area contributed by atoms with E-state index in [1.165, 1.54) is 12.1 Å². The first-order valence-corrected chi connectivity index (χ1v) is 7.57. The number of nitrogens with zero attached hydrogens (tertiary/aromatic N) is 2. The second-order valence-electron chi connectivity index (χ2n) is 5.48. The molecule has 0 spiro atoms. The lowest BCUT2D eigenvalue weighted by Gasteiger charge is -2.15. The van der Waals surface area contributed by atoms with E-state index in [-0.39, 0.29) is 30.3 Å². The number of nitrogens with one attached hydrogen (secondary N) is 1. The molecule has 0 saturated carbocycles. The number of ether oxygens (including phenoxy) is 1. The van der Waals surface area contributed by atoms with Gasteiger partial charge in [-0.05, 0) is 32.0 Å². The highest BCUT2D eigenvalue weighted by Crippen LogP contribution is 2.29. The lowest BCUT2D eigenvalue weighted by molar-refractivity contribution is -0.384. The molecule has 1 fully saturated rings. The van der Waals surface area contributed by atoms with Crippen molar-refractivity contribution in [1.29, 1.82) is 0 Å². The summed E-state index contributed by atoms with van der Waals surface area (Å²) in [6.45, 7) is 2.95. The lowest BCUT2D eigenvalue weighted by Crippen LogP contribution is -2.32. The van der Waals surface area contributed by atoms with Gasteiger partial charge in [0.1, 0.15) is 11.4 Å². The predicted molar refractivity (Wildman–Crippen MR) is 92.3 cm³/mol. The van der Waals surface area contributed by atoms with Gasteiger partial charge in [0.2, 0.25) is 5.91 Å². The van der Waals surface area contributed by atoms with Crippen molar-refractivity contribution in [2.24, 2.45) is 5.92 Å². The molecule has 2 rings (SSSR count). The standard InChI is InChI=1S/C15H19N3O6.ClH/c1-2-24-11-3-4-12(13(7-11)18(22)23)16-14(19)9-17-6-5-10(8-17)15(20)21;/h3-4,7,10H,2,5-6,8-9H2,1H3,(H,16,19)(H,20,21);1H. The molecule has 1 aromatic carbocycles. The number of anilines is 1. The number of rotatable bonds is 7. The van der Waals surface area contributed by atoms with Crippen molar-refractivity contribution in [3.8, 4) is 5.75 Å². The van der Waals surface area contributed by atoms with Crippen molar-refractivity contribution >= 4 is 35.7 Å². The number of nitro benzene ring substituents is 1. The third kappa shape index (κ3) is 5.57. The van der Waals surface area contributed by atoms with Crippen LogP contribution >= 0.6 is 12.4 Å².